The van der Waals surface area contributed by atoms with Crippen molar-refractivity contribution in [2.24, 2.45) is 16.7 Å². The lowest BCUT2D eigenvalue weighted by atomic mass is 9.67. The van der Waals surface area contributed by atoms with E-state index in [1.807, 2.05) is 45.0 Å². The Morgan fingerprint density at radius 2 is 1.68 bits per heavy atom. The number of rotatable bonds is 7. The lowest BCUT2D eigenvalue weighted by Gasteiger charge is -2.38. The summed E-state index contributed by atoms with van der Waals surface area (Å²) < 4.78 is 0. The fourth-order valence-corrected chi connectivity index (χ4v) is 4.93. The van der Waals surface area contributed by atoms with Crippen LogP contribution in [0.15, 0.2) is 29.2 Å². The van der Waals surface area contributed by atoms with Crippen LogP contribution in [0, 0.1) is 16.7 Å². The second-order valence-corrected chi connectivity index (χ2v) is 10.3. The van der Waals surface area contributed by atoms with E-state index in [2.05, 4.69) is 19.2 Å². The van der Waals surface area contributed by atoms with Crippen molar-refractivity contribution in [3.05, 3.63) is 24.3 Å². The highest BCUT2D eigenvalue weighted by molar-refractivity contribution is 8.13. The van der Waals surface area contributed by atoms with E-state index >= 15 is 0 Å². The fourth-order valence-electron chi connectivity index (χ4n) is 4.05. The van der Waals surface area contributed by atoms with Gasteiger partial charge in [-0.15, -0.1) is 0 Å². The number of carbonyl (C=O) groups excluding carboxylic acids is 2. The number of hydrogen-bond acceptors (Lipinski definition) is 3. The number of thioether (sulfide) groups is 1. The van der Waals surface area contributed by atoms with Crippen molar-refractivity contribution in [3.63, 3.8) is 0 Å². The maximum atomic E-state index is 13.5. The molecule has 1 aliphatic rings. The van der Waals surface area contributed by atoms with Gasteiger partial charge in [-0.3, -0.25) is 9.59 Å². The molecule has 0 atom stereocenters. The number of hydrogen-bond donors (Lipinski definition) is 1. The normalized spacial score (nSPS) is 16.8. The Kier molecular flexibility index (Phi) is 8.18. The van der Waals surface area contributed by atoms with Crippen LogP contribution in [0.4, 0.5) is 5.69 Å². The molecule has 28 heavy (non-hydrogen) atoms. The zero-order valence-electron chi connectivity index (χ0n) is 18.3. The zero-order valence-corrected chi connectivity index (χ0v) is 19.1. The zero-order chi connectivity index (χ0) is 20.8. The topological polar surface area (TPSA) is 46.2 Å². The molecule has 3 nitrogen and oxygen atoms in total. The maximum Gasteiger partial charge on any atom is 0.230 e. The third-order valence-corrected chi connectivity index (χ3v) is 7.45. The van der Waals surface area contributed by atoms with Crippen molar-refractivity contribution >= 4 is 28.5 Å². The van der Waals surface area contributed by atoms with Crippen LogP contribution in [-0.2, 0) is 9.59 Å². The first kappa shape index (κ1) is 23.0. The van der Waals surface area contributed by atoms with Crippen LogP contribution in [0.1, 0.15) is 86.0 Å². The maximum absolute atomic E-state index is 13.5. The van der Waals surface area contributed by atoms with Crippen molar-refractivity contribution in [3.8, 4) is 0 Å². The molecule has 0 aliphatic heterocycles. The minimum Gasteiger partial charge on any atom is -0.325 e. The molecular formula is C24H37NO2S. The van der Waals surface area contributed by atoms with Gasteiger partial charge in [-0.05, 0) is 49.1 Å². The molecule has 1 amide bonds. The summed E-state index contributed by atoms with van der Waals surface area (Å²) in [6.07, 6.45) is 8.67. The predicted octanol–water partition coefficient (Wildman–Crippen LogP) is 7.07. The van der Waals surface area contributed by atoms with Crippen LogP contribution in [0.5, 0.6) is 0 Å². The van der Waals surface area contributed by atoms with Crippen molar-refractivity contribution < 1.29 is 9.59 Å². The molecule has 156 valence electrons. The van der Waals surface area contributed by atoms with E-state index in [-0.39, 0.29) is 16.4 Å². The van der Waals surface area contributed by atoms with Gasteiger partial charge in [0.1, 0.15) is 0 Å². The van der Waals surface area contributed by atoms with Crippen molar-refractivity contribution in [1.29, 1.82) is 0 Å². The first-order chi connectivity index (χ1) is 13.2. The summed E-state index contributed by atoms with van der Waals surface area (Å²) in [5.41, 5.74) is 0.0902. The number of anilines is 1. The standard InChI is InChI=1S/C24H37NO2S/c1-6-18(7-2)17-24(15-11-8-12-16-24)21(26)25-19-13-9-10-14-20(19)28-22(27)23(3,4)5/h9-10,13-14,18H,6-8,11-12,15-17H2,1-5H3,(H,25,26). The van der Waals surface area contributed by atoms with Crippen molar-refractivity contribution in [1.82, 2.24) is 0 Å². The minimum absolute atomic E-state index is 0.110. The van der Waals surface area contributed by atoms with E-state index in [4.69, 9.17) is 0 Å². The highest BCUT2D eigenvalue weighted by Crippen LogP contribution is 2.44. The summed E-state index contributed by atoms with van der Waals surface area (Å²) in [7, 11) is 0. The molecular weight excluding hydrogens is 366 g/mol. The summed E-state index contributed by atoms with van der Waals surface area (Å²) in [6.45, 7) is 10.2. The van der Waals surface area contributed by atoms with E-state index in [0.29, 0.717) is 5.92 Å². The largest absolute Gasteiger partial charge is 0.325 e. The third kappa shape index (κ3) is 5.85. The molecule has 1 aromatic rings. The Labute approximate surface area is 175 Å². The SMILES string of the molecule is CCC(CC)CC1(C(=O)Nc2ccccc2SC(=O)C(C)(C)C)CCCCC1. The Hall–Kier alpha value is -1.29. The smallest absolute Gasteiger partial charge is 0.230 e. The van der Waals surface area contributed by atoms with Crippen LogP contribution in [0.3, 0.4) is 0 Å². The second kappa shape index (κ2) is 9.96. The Morgan fingerprint density at radius 3 is 2.25 bits per heavy atom. The molecule has 1 fully saturated rings. The number of amides is 1. The molecule has 0 unspecified atom stereocenters. The van der Waals surface area contributed by atoms with E-state index in [1.165, 1.54) is 18.2 Å². The van der Waals surface area contributed by atoms with Gasteiger partial charge < -0.3 is 5.32 Å². The summed E-state index contributed by atoms with van der Waals surface area (Å²) in [6, 6.07) is 7.70. The predicted molar refractivity (Wildman–Crippen MR) is 120 cm³/mol. The van der Waals surface area contributed by atoms with Gasteiger partial charge in [0, 0.05) is 15.7 Å². The minimum atomic E-state index is -0.415. The summed E-state index contributed by atoms with van der Waals surface area (Å²) in [4.78, 5) is 26.8. The molecule has 0 radical (unpaired) electrons. The van der Waals surface area contributed by atoms with Crippen LogP contribution in [0.25, 0.3) is 0 Å². The third-order valence-electron chi connectivity index (χ3n) is 6.08. The van der Waals surface area contributed by atoms with E-state index in [0.717, 1.165) is 55.5 Å². The number of nitrogens with one attached hydrogen (secondary N) is 1. The molecule has 4 heteroatoms. The van der Waals surface area contributed by atoms with Gasteiger partial charge in [-0.1, -0.05) is 78.9 Å². The summed E-state index contributed by atoms with van der Waals surface area (Å²) in [5.74, 6) is 0.742. The Balaban J connectivity index is 2.23. The molecule has 0 spiro atoms. The van der Waals surface area contributed by atoms with Gasteiger partial charge in [0.15, 0.2) is 5.12 Å². The summed E-state index contributed by atoms with van der Waals surface area (Å²) >= 11 is 1.23. The average Bonchev–Trinajstić information content (AvgIpc) is 2.67. The Bertz CT molecular complexity index is 667. The van der Waals surface area contributed by atoms with Crippen LogP contribution in [-0.4, -0.2) is 11.0 Å². The first-order valence-corrected chi connectivity index (χ1v) is 11.7. The van der Waals surface area contributed by atoms with E-state index in [9.17, 15) is 9.59 Å². The van der Waals surface area contributed by atoms with Crippen LogP contribution >= 0.6 is 11.8 Å². The van der Waals surface area contributed by atoms with Gasteiger partial charge in [0.05, 0.1) is 5.69 Å². The highest BCUT2D eigenvalue weighted by atomic mass is 32.2. The number of para-hydroxylation sites is 1. The van der Waals surface area contributed by atoms with Crippen molar-refractivity contribution in [2.45, 2.75) is 90.9 Å². The second-order valence-electron chi connectivity index (χ2n) is 9.32. The molecule has 0 saturated heterocycles. The molecule has 0 aromatic heterocycles. The van der Waals surface area contributed by atoms with Gasteiger partial charge >= 0.3 is 0 Å². The number of benzene rings is 1. The van der Waals surface area contributed by atoms with Gasteiger partial charge in [-0.2, -0.15) is 0 Å². The first-order valence-electron chi connectivity index (χ1n) is 10.8. The van der Waals surface area contributed by atoms with Gasteiger partial charge in [0.25, 0.3) is 0 Å². The monoisotopic (exact) mass is 403 g/mol. The quantitative estimate of drug-likeness (QED) is 0.495. The Morgan fingerprint density at radius 1 is 1.07 bits per heavy atom. The molecule has 1 aromatic carbocycles. The van der Waals surface area contributed by atoms with Crippen molar-refractivity contribution in [2.75, 3.05) is 5.32 Å². The van der Waals surface area contributed by atoms with E-state index in [1.54, 1.807) is 0 Å². The van der Waals surface area contributed by atoms with Gasteiger partial charge in [0.2, 0.25) is 5.91 Å². The summed E-state index contributed by atoms with van der Waals surface area (Å²) in [5, 5.41) is 3.33. The van der Waals surface area contributed by atoms with E-state index < -0.39 is 5.41 Å². The molecule has 0 bridgehead atoms. The molecule has 1 N–H and O–H groups in total. The fraction of sp³-hybridized carbons (Fsp3) is 0.667. The molecule has 1 aliphatic carbocycles. The van der Waals surface area contributed by atoms with Crippen LogP contribution in [0.2, 0.25) is 0 Å². The molecule has 1 saturated carbocycles. The number of carbonyl (C=O) groups is 2. The molecule has 0 heterocycles. The average molecular weight is 404 g/mol. The highest BCUT2D eigenvalue weighted by Gasteiger charge is 2.40. The lowest BCUT2D eigenvalue weighted by molar-refractivity contribution is -0.128. The van der Waals surface area contributed by atoms with Crippen LogP contribution < -0.4 is 5.32 Å². The lowest BCUT2D eigenvalue weighted by Crippen LogP contribution is -2.39. The molecule has 2 rings (SSSR count). The van der Waals surface area contributed by atoms with Gasteiger partial charge in [-0.25, -0.2) is 0 Å².